The van der Waals surface area contributed by atoms with Gasteiger partial charge in [0.15, 0.2) is 0 Å². The minimum atomic E-state index is -0.562. The van der Waals surface area contributed by atoms with E-state index in [0.717, 1.165) is 28.3 Å². The van der Waals surface area contributed by atoms with Crippen LogP contribution in [0.4, 0.5) is 0 Å². The summed E-state index contributed by atoms with van der Waals surface area (Å²) in [7, 11) is 0. The van der Waals surface area contributed by atoms with Crippen molar-refractivity contribution >= 4 is 23.4 Å². The average Bonchev–Trinajstić information content (AvgIpc) is 2.68. The Balaban J connectivity index is 1.43. The smallest absolute Gasteiger partial charge is 0.115 e. The minimum Gasteiger partial charge on any atom is -0.508 e. The average molecular weight is 400 g/mol. The lowest BCUT2D eigenvalue weighted by Crippen LogP contribution is -2.23. The Morgan fingerprint density at radius 3 is 2.26 bits per heavy atom. The summed E-state index contributed by atoms with van der Waals surface area (Å²) < 4.78 is 0. The fourth-order valence-electron chi connectivity index (χ4n) is 2.68. The van der Waals surface area contributed by atoms with Gasteiger partial charge in [-0.25, -0.2) is 0 Å². The van der Waals surface area contributed by atoms with Gasteiger partial charge in [0.1, 0.15) is 5.75 Å². The molecule has 0 heterocycles. The SMILES string of the molecule is Oc1ccc(Sc2ccc(CCNC[C@@H](O)c3cccc(Cl)c3)cc2)cc1. The minimum absolute atomic E-state index is 0.280. The molecule has 3 rings (SSSR count). The molecule has 0 aliphatic carbocycles. The lowest BCUT2D eigenvalue weighted by Gasteiger charge is -2.12. The first-order valence-corrected chi connectivity index (χ1v) is 10.00. The molecule has 5 heteroatoms. The van der Waals surface area contributed by atoms with Gasteiger partial charge in [-0.2, -0.15) is 0 Å². The molecular weight excluding hydrogens is 378 g/mol. The van der Waals surface area contributed by atoms with Gasteiger partial charge in [-0.15, -0.1) is 0 Å². The normalized spacial score (nSPS) is 12.1. The maximum Gasteiger partial charge on any atom is 0.115 e. The van der Waals surface area contributed by atoms with Gasteiger partial charge in [-0.1, -0.05) is 47.6 Å². The maximum absolute atomic E-state index is 10.2. The summed E-state index contributed by atoms with van der Waals surface area (Å²) in [5.74, 6) is 0.280. The van der Waals surface area contributed by atoms with E-state index in [1.54, 1.807) is 36.0 Å². The van der Waals surface area contributed by atoms with Crippen molar-refractivity contribution in [3.63, 3.8) is 0 Å². The number of aliphatic hydroxyl groups is 1. The van der Waals surface area contributed by atoms with Crippen LogP contribution in [0, 0.1) is 0 Å². The van der Waals surface area contributed by atoms with Gasteiger partial charge in [0.2, 0.25) is 0 Å². The molecule has 0 fully saturated rings. The van der Waals surface area contributed by atoms with Crippen LogP contribution < -0.4 is 5.32 Å². The standard InChI is InChI=1S/C22H22ClNO2S/c23-18-3-1-2-17(14-18)22(26)15-24-13-12-16-4-8-20(9-5-16)27-21-10-6-19(25)7-11-21/h1-11,14,22,24-26H,12-13,15H2/t22-/m1/s1. The van der Waals surface area contributed by atoms with Gasteiger partial charge < -0.3 is 15.5 Å². The Kier molecular flexibility index (Phi) is 7.18. The van der Waals surface area contributed by atoms with Gasteiger partial charge in [0, 0.05) is 21.4 Å². The molecule has 0 saturated heterocycles. The van der Waals surface area contributed by atoms with Crippen LogP contribution in [-0.4, -0.2) is 23.3 Å². The summed E-state index contributed by atoms with van der Waals surface area (Å²) in [6.07, 6.45) is 0.333. The molecule has 1 atom stereocenters. The van der Waals surface area contributed by atoms with Crippen LogP contribution in [0.2, 0.25) is 5.02 Å². The summed E-state index contributed by atoms with van der Waals surface area (Å²) in [6.45, 7) is 1.29. The fraction of sp³-hybridized carbons (Fsp3) is 0.182. The molecule has 0 aliphatic heterocycles. The molecular formula is C22H22ClNO2S. The quantitative estimate of drug-likeness (QED) is 0.463. The Hall–Kier alpha value is -1.98. The van der Waals surface area contributed by atoms with Crippen molar-refractivity contribution in [2.75, 3.05) is 13.1 Å². The Bertz CT molecular complexity index is 853. The summed E-state index contributed by atoms with van der Waals surface area (Å²) in [6, 6.07) is 23.0. The number of halogens is 1. The number of benzene rings is 3. The Morgan fingerprint density at radius 1 is 0.926 bits per heavy atom. The van der Waals surface area contributed by atoms with Crippen LogP contribution in [0.5, 0.6) is 5.75 Å². The lowest BCUT2D eigenvalue weighted by molar-refractivity contribution is 0.175. The summed E-state index contributed by atoms with van der Waals surface area (Å²) in [5.41, 5.74) is 2.07. The van der Waals surface area contributed by atoms with E-state index in [2.05, 4.69) is 29.6 Å². The number of nitrogens with one attached hydrogen (secondary N) is 1. The number of aromatic hydroxyl groups is 1. The Labute approximate surface area is 169 Å². The second-order valence-corrected chi connectivity index (χ2v) is 7.85. The summed E-state index contributed by atoms with van der Waals surface area (Å²) in [4.78, 5) is 2.26. The third kappa shape index (κ3) is 6.29. The van der Waals surface area contributed by atoms with Crippen LogP contribution in [0.3, 0.4) is 0 Å². The molecule has 3 aromatic rings. The molecule has 0 aliphatic rings. The molecule has 0 radical (unpaired) electrons. The highest BCUT2D eigenvalue weighted by Crippen LogP contribution is 2.28. The van der Waals surface area contributed by atoms with E-state index in [-0.39, 0.29) is 5.75 Å². The first-order valence-electron chi connectivity index (χ1n) is 8.80. The summed E-state index contributed by atoms with van der Waals surface area (Å²) in [5, 5.41) is 23.5. The topological polar surface area (TPSA) is 52.5 Å². The van der Waals surface area contributed by atoms with Crippen molar-refractivity contribution in [1.82, 2.24) is 5.32 Å². The van der Waals surface area contributed by atoms with Gasteiger partial charge in [-0.3, -0.25) is 0 Å². The predicted molar refractivity (Wildman–Crippen MR) is 112 cm³/mol. The molecule has 3 nitrogen and oxygen atoms in total. The molecule has 140 valence electrons. The first-order chi connectivity index (χ1) is 13.1. The number of hydrogen-bond donors (Lipinski definition) is 3. The predicted octanol–water partition coefficient (Wildman–Crippen LogP) is 5.06. The molecule has 0 amide bonds. The number of phenols is 1. The highest BCUT2D eigenvalue weighted by Gasteiger charge is 2.07. The maximum atomic E-state index is 10.2. The van der Waals surface area contributed by atoms with Gasteiger partial charge in [-0.05, 0) is 72.6 Å². The van der Waals surface area contributed by atoms with Crippen LogP contribution in [-0.2, 0) is 6.42 Å². The van der Waals surface area contributed by atoms with Crippen molar-refractivity contribution in [3.8, 4) is 5.75 Å². The fourth-order valence-corrected chi connectivity index (χ4v) is 3.69. The van der Waals surface area contributed by atoms with Crippen molar-refractivity contribution in [3.05, 3.63) is 88.9 Å². The molecule has 0 spiro atoms. The van der Waals surface area contributed by atoms with E-state index < -0.39 is 6.10 Å². The van der Waals surface area contributed by atoms with E-state index in [0.29, 0.717) is 11.6 Å². The molecule has 3 N–H and O–H groups in total. The molecule has 0 unspecified atom stereocenters. The van der Waals surface area contributed by atoms with E-state index >= 15 is 0 Å². The van der Waals surface area contributed by atoms with Crippen LogP contribution in [0.15, 0.2) is 82.6 Å². The summed E-state index contributed by atoms with van der Waals surface area (Å²) >= 11 is 7.62. The van der Waals surface area contributed by atoms with Crippen molar-refractivity contribution in [2.45, 2.75) is 22.3 Å². The number of hydrogen-bond acceptors (Lipinski definition) is 4. The third-order valence-electron chi connectivity index (χ3n) is 4.16. The van der Waals surface area contributed by atoms with E-state index in [1.807, 2.05) is 24.3 Å². The zero-order valence-electron chi connectivity index (χ0n) is 14.8. The number of aliphatic hydroxyl groups excluding tert-OH is 1. The van der Waals surface area contributed by atoms with E-state index in [1.165, 1.54) is 5.56 Å². The van der Waals surface area contributed by atoms with Gasteiger partial charge in [0.25, 0.3) is 0 Å². The van der Waals surface area contributed by atoms with Crippen molar-refractivity contribution in [2.24, 2.45) is 0 Å². The molecule has 0 bridgehead atoms. The van der Waals surface area contributed by atoms with Crippen LogP contribution >= 0.6 is 23.4 Å². The monoisotopic (exact) mass is 399 g/mol. The van der Waals surface area contributed by atoms with Crippen LogP contribution in [0.1, 0.15) is 17.2 Å². The zero-order chi connectivity index (χ0) is 19.1. The number of phenolic OH excluding ortho intramolecular Hbond substituents is 1. The highest BCUT2D eigenvalue weighted by atomic mass is 35.5. The number of rotatable bonds is 8. The molecule has 0 saturated carbocycles. The van der Waals surface area contributed by atoms with Crippen molar-refractivity contribution < 1.29 is 10.2 Å². The largest absolute Gasteiger partial charge is 0.508 e. The van der Waals surface area contributed by atoms with E-state index in [9.17, 15) is 10.2 Å². The first kappa shape index (κ1) is 19.8. The highest BCUT2D eigenvalue weighted by molar-refractivity contribution is 7.99. The van der Waals surface area contributed by atoms with Gasteiger partial charge >= 0.3 is 0 Å². The molecule has 0 aromatic heterocycles. The second-order valence-electron chi connectivity index (χ2n) is 6.26. The molecule has 27 heavy (non-hydrogen) atoms. The van der Waals surface area contributed by atoms with E-state index in [4.69, 9.17) is 11.6 Å². The van der Waals surface area contributed by atoms with Gasteiger partial charge in [0.05, 0.1) is 6.10 Å². The third-order valence-corrected chi connectivity index (χ3v) is 5.41. The molecule has 3 aromatic carbocycles. The Morgan fingerprint density at radius 2 is 1.59 bits per heavy atom. The zero-order valence-corrected chi connectivity index (χ0v) is 16.4. The second kappa shape index (κ2) is 9.81. The lowest BCUT2D eigenvalue weighted by atomic mass is 10.1. The van der Waals surface area contributed by atoms with Crippen LogP contribution in [0.25, 0.3) is 0 Å². The van der Waals surface area contributed by atoms with Crippen molar-refractivity contribution in [1.29, 1.82) is 0 Å².